The van der Waals surface area contributed by atoms with Crippen molar-refractivity contribution in [2.45, 2.75) is 64.2 Å². The fourth-order valence-electron chi connectivity index (χ4n) is 2.97. The standard InChI is InChI=1S/C22H28F3N5O4.C2HF3O2/c1-11(2)29-18(31)16-17(26)27-9-15(30-16)14-8-13(7-6-12(14)3)21(34,22(23,24)25)10-28-19(32)20(4,5)33;3-2(4,5)1(6)7/h6-9,11,33-34H,10H2,1-5H3,(H2,26,27)(H,28,32)(H,29,31);(H,6,7). The SMILES string of the molecule is Cc1ccc(C(O)(CNC(=O)C(C)(C)O)C(F)(F)F)cc1-c1cnc(N)c(C(=O)NC(C)C)n1.O=C(O)C(F)(F)F. The largest absolute Gasteiger partial charge is 0.490 e. The monoisotopic (exact) mass is 597 g/mol. The molecule has 1 atom stereocenters. The molecule has 0 bridgehead atoms. The molecule has 0 aliphatic carbocycles. The Morgan fingerprint density at radius 2 is 1.59 bits per heavy atom. The van der Waals surface area contributed by atoms with E-state index in [1.54, 1.807) is 20.8 Å². The topological polar surface area (TPSA) is 188 Å². The van der Waals surface area contributed by atoms with Gasteiger partial charge in [-0.25, -0.2) is 14.8 Å². The van der Waals surface area contributed by atoms with Crippen molar-refractivity contribution < 1.29 is 56.0 Å². The van der Waals surface area contributed by atoms with E-state index in [2.05, 4.69) is 15.3 Å². The van der Waals surface area contributed by atoms with Crippen LogP contribution in [0.5, 0.6) is 0 Å². The van der Waals surface area contributed by atoms with Crippen LogP contribution in [0.2, 0.25) is 0 Å². The quantitative estimate of drug-likeness (QED) is 0.261. The van der Waals surface area contributed by atoms with E-state index in [-0.39, 0.29) is 28.8 Å². The second kappa shape index (κ2) is 12.7. The van der Waals surface area contributed by atoms with Crippen LogP contribution in [0.3, 0.4) is 0 Å². The van der Waals surface area contributed by atoms with Crippen LogP contribution in [-0.2, 0) is 15.2 Å². The molecule has 7 N–H and O–H groups in total. The number of aliphatic carboxylic acids is 1. The van der Waals surface area contributed by atoms with E-state index >= 15 is 0 Å². The molecule has 0 aliphatic heterocycles. The highest BCUT2D eigenvalue weighted by atomic mass is 19.4. The molecular formula is C24H29F6N5O6. The predicted molar refractivity (Wildman–Crippen MR) is 132 cm³/mol. The van der Waals surface area contributed by atoms with E-state index in [1.165, 1.54) is 12.3 Å². The van der Waals surface area contributed by atoms with Crippen molar-refractivity contribution >= 4 is 23.6 Å². The lowest BCUT2D eigenvalue weighted by Crippen LogP contribution is -2.54. The minimum absolute atomic E-state index is 0.0625. The number of aromatic nitrogens is 2. The lowest BCUT2D eigenvalue weighted by molar-refractivity contribution is -0.264. The molecule has 1 aromatic heterocycles. The molecule has 0 aliphatic rings. The van der Waals surface area contributed by atoms with Crippen molar-refractivity contribution in [2.24, 2.45) is 0 Å². The average molecular weight is 598 g/mol. The summed E-state index contributed by atoms with van der Waals surface area (Å²) in [5.74, 6) is -4.60. The van der Waals surface area contributed by atoms with Gasteiger partial charge in [-0.05, 0) is 51.8 Å². The first kappa shape index (κ1) is 35.0. The van der Waals surface area contributed by atoms with Gasteiger partial charge in [0.1, 0.15) is 5.60 Å². The van der Waals surface area contributed by atoms with Gasteiger partial charge >= 0.3 is 18.3 Å². The summed E-state index contributed by atoms with van der Waals surface area (Å²) in [6, 6.07) is 3.25. The van der Waals surface area contributed by atoms with Crippen molar-refractivity contribution in [3.05, 3.63) is 41.2 Å². The molecule has 228 valence electrons. The van der Waals surface area contributed by atoms with Crippen LogP contribution in [0.15, 0.2) is 24.4 Å². The maximum Gasteiger partial charge on any atom is 0.490 e. The number of carboxylic acids is 1. The number of carboxylic acid groups (broad SMARTS) is 1. The lowest BCUT2D eigenvalue weighted by atomic mass is 9.89. The maximum atomic E-state index is 14.0. The van der Waals surface area contributed by atoms with Crippen molar-refractivity contribution in [1.82, 2.24) is 20.6 Å². The second-order valence-corrected chi connectivity index (χ2v) is 9.55. The highest BCUT2D eigenvalue weighted by molar-refractivity contribution is 5.97. The van der Waals surface area contributed by atoms with E-state index < -0.39 is 53.4 Å². The zero-order chi connectivity index (χ0) is 32.1. The first-order chi connectivity index (χ1) is 18.4. The number of anilines is 1. The molecule has 11 nitrogen and oxygen atoms in total. The molecule has 0 radical (unpaired) electrons. The number of nitrogens with two attached hydrogens (primary N) is 1. The van der Waals surface area contributed by atoms with Gasteiger partial charge in [-0.3, -0.25) is 9.59 Å². The van der Waals surface area contributed by atoms with E-state index in [0.29, 0.717) is 5.56 Å². The van der Waals surface area contributed by atoms with Gasteiger partial charge in [-0.1, -0.05) is 12.1 Å². The molecule has 1 heterocycles. The average Bonchev–Trinajstić information content (AvgIpc) is 2.81. The number of carbonyl (C=O) groups excluding carboxylic acids is 2. The van der Waals surface area contributed by atoms with Crippen molar-refractivity contribution in [2.75, 3.05) is 12.3 Å². The number of carbonyl (C=O) groups is 3. The van der Waals surface area contributed by atoms with Crippen LogP contribution >= 0.6 is 0 Å². The van der Waals surface area contributed by atoms with Gasteiger partial charge in [-0.2, -0.15) is 26.3 Å². The number of halogens is 6. The molecule has 0 fully saturated rings. The Labute approximate surface area is 229 Å². The normalized spacial score (nSPS) is 13.5. The fraction of sp³-hybridized carbons (Fsp3) is 0.458. The number of aryl methyl sites for hydroxylation is 1. The summed E-state index contributed by atoms with van der Waals surface area (Å²) in [6.07, 6.45) is -9.06. The third-order valence-electron chi connectivity index (χ3n) is 5.20. The molecule has 2 rings (SSSR count). The summed E-state index contributed by atoms with van der Waals surface area (Å²) >= 11 is 0. The molecule has 0 spiro atoms. The Kier molecular flexibility index (Phi) is 10.8. The van der Waals surface area contributed by atoms with E-state index in [1.807, 2.05) is 5.32 Å². The Morgan fingerprint density at radius 3 is 2.02 bits per heavy atom. The Balaban J connectivity index is 0.00000106. The molecule has 1 unspecified atom stereocenters. The minimum atomic E-state index is -5.18. The first-order valence-corrected chi connectivity index (χ1v) is 11.6. The highest BCUT2D eigenvalue weighted by Crippen LogP contribution is 2.40. The second-order valence-electron chi connectivity index (χ2n) is 9.55. The van der Waals surface area contributed by atoms with Crippen LogP contribution < -0.4 is 16.4 Å². The van der Waals surface area contributed by atoms with Crippen LogP contribution in [0.1, 0.15) is 49.3 Å². The molecule has 1 aromatic carbocycles. The molecular weight excluding hydrogens is 568 g/mol. The van der Waals surface area contributed by atoms with Gasteiger partial charge in [0, 0.05) is 11.6 Å². The zero-order valence-electron chi connectivity index (χ0n) is 22.4. The van der Waals surface area contributed by atoms with Crippen molar-refractivity contribution in [3.8, 4) is 11.3 Å². The fourth-order valence-corrected chi connectivity index (χ4v) is 2.97. The van der Waals surface area contributed by atoms with E-state index in [0.717, 1.165) is 26.0 Å². The third-order valence-corrected chi connectivity index (χ3v) is 5.20. The van der Waals surface area contributed by atoms with Gasteiger partial charge in [-0.15, -0.1) is 0 Å². The number of hydrogen-bond acceptors (Lipinski definition) is 8. The number of alkyl halides is 6. The smallest absolute Gasteiger partial charge is 0.475 e. The molecule has 0 saturated heterocycles. The molecule has 2 aromatic rings. The predicted octanol–water partition coefficient (Wildman–Crippen LogP) is 2.44. The number of nitrogen functional groups attached to an aromatic ring is 1. The zero-order valence-corrected chi connectivity index (χ0v) is 22.4. The van der Waals surface area contributed by atoms with Crippen LogP contribution in [0.25, 0.3) is 11.3 Å². The van der Waals surface area contributed by atoms with Gasteiger partial charge < -0.3 is 31.7 Å². The van der Waals surface area contributed by atoms with Crippen LogP contribution in [-0.4, -0.2) is 73.6 Å². The first-order valence-electron chi connectivity index (χ1n) is 11.6. The summed E-state index contributed by atoms with van der Waals surface area (Å²) < 4.78 is 73.6. The van der Waals surface area contributed by atoms with Crippen LogP contribution in [0, 0.1) is 6.92 Å². The van der Waals surface area contributed by atoms with Gasteiger partial charge in [0.15, 0.2) is 11.5 Å². The summed E-state index contributed by atoms with van der Waals surface area (Å²) in [7, 11) is 0. The van der Waals surface area contributed by atoms with Crippen molar-refractivity contribution in [3.63, 3.8) is 0 Å². The Bertz CT molecular complexity index is 1280. The Morgan fingerprint density at radius 1 is 1.05 bits per heavy atom. The van der Waals surface area contributed by atoms with Crippen LogP contribution in [0.4, 0.5) is 32.2 Å². The third kappa shape index (κ3) is 9.28. The number of amides is 2. The summed E-state index contributed by atoms with van der Waals surface area (Å²) in [6.45, 7) is 6.03. The summed E-state index contributed by atoms with van der Waals surface area (Å²) in [5.41, 5.74) is 0.277. The molecule has 2 amide bonds. The summed E-state index contributed by atoms with van der Waals surface area (Å²) in [5, 5.41) is 32.0. The number of benzene rings is 1. The number of aliphatic hydroxyl groups is 2. The molecule has 41 heavy (non-hydrogen) atoms. The van der Waals surface area contributed by atoms with Gasteiger partial charge in [0.2, 0.25) is 5.60 Å². The minimum Gasteiger partial charge on any atom is -0.475 e. The lowest BCUT2D eigenvalue weighted by Gasteiger charge is -2.32. The highest BCUT2D eigenvalue weighted by Gasteiger charge is 2.55. The van der Waals surface area contributed by atoms with Gasteiger partial charge in [0.05, 0.1) is 18.4 Å². The number of hydrogen-bond donors (Lipinski definition) is 6. The van der Waals surface area contributed by atoms with E-state index in [9.17, 15) is 46.1 Å². The number of nitrogens with zero attached hydrogens (tertiary/aromatic N) is 2. The number of nitrogens with one attached hydrogen (secondary N) is 2. The van der Waals surface area contributed by atoms with E-state index in [4.69, 9.17) is 15.6 Å². The van der Waals surface area contributed by atoms with Gasteiger partial charge in [0.25, 0.3) is 11.8 Å². The molecule has 0 saturated carbocycles. The summed E-state index contributed by atoms with van der Waals surface area (Å²) in [4.78, 5) is 41.3. The molecule has 17 heteroatoms. The number of rotatable bonds is 7. The van der Waals surface area contributed by atoms with Crippen molar-refractivity contribution in [1.29, 1.82) is 0 Å². The Hall–Kier alpha value is -3.99. The maximum absolute atomic E-state index is 14.0.